The van der Waals surface area contributed by atoms with Crippen molar-refractivity contribution in [3.05, 3.63) is 35.4 Å². The molecular weight excluding hydrogens is 311 g/mol. The summed E-state index contributed by atoms with van der Waals surface area (Å²) in [5, 5.41) is 2.69. The van der Waals surface area contributed by atoms with Gasteiger partial charge in [0.25, 0.3) is 0 Å². The number of nitrogens with one attached hydrogen (secondary N) is 1. The van der Waals surface area contributed by atoms with Gasteiger partial charge in [-0.2, -0.15) is 13.2 Å². The number of carbonyl (C=O) groups excluding carboxylic acids is 2. The molecule has 0 radical (unpaired) electrons. The van der Waals surface area contributed by atoms with Crippen LogP contribution in [0.3, 0.4) is 0 Å². The molecule has 1 aliphatic rings. The predicted octanol–water partition coefficient (Wildman–Crippen LogP) is 2.88. The minimum Gasteiger partial charge on any atom is -0.382 e. The molecule has 1 fully saturated rings. The average Bonchev–Trinajstić information content (AvgIpc) is 2.93. The number of rotatable bonds is 5. The van der Waals surface area contributed by atoms with Crippen molar-refractivity contribution < 1.29 is 27.5 Å². The lowest BCUT2D eigenvalue weighted by atomic mass is 10.0. The number of halogens is 3. The van der Waals surface area contributed by atoms with E-state index in [1.807, 2.05) is 0 Å². The van der Waals surface area contributed by atoms with Crippen LogP contribution in [0.4, 0.5) is 13.2 Å². The number of carbonyl (C=O) groups is 2. The van der Waals surface area contributed by atoms with Gasteiger partial charge in [0.05, 0.1) is 18.2 Å². The largest absolute Gasteiger partial charge is 0.416 e. The van der Waals surface area contributed by atoms with Gasteiger partial charge < -0.3 is 10.1 Å². The van der Waals surface area contributed by atoms with Crippen molar-refractivity contribution in [1.82, 2.24) is 5.32 Å². The predicted molar refractivity (Wildman–Crippen MR) is 76.6 cm³/mol. The van der Waals surface area contributed by atoms with Gasteiger partial charge in [-0.3, -0.25) is 9.59 Å². The molecule has 1 N–H and O–H groups in total. The summed E-state index contributed by atoms with van der Waals surface area (Å²) in [6, 6.07) is 4.10. The zero-order chi connectivity index (χ0) is 17.0. The van der Waals surface area contributed by atoms with E-state index < -0.39 is 23.7 Å². The van der Waals surface area contributed by atoms with Crippen LogP contribution in [-0.2, 0) is 20.5 Å². The minimum absolute atomic E-state index is 0.0347. The van der Waals surface area contributed by atoms with Crippen LogP contribution in [-0.4, -0.2) is 25.4 Å². The standard InChI is InChI=1S/C16H18F3NO3/c1-23-9-14(20-15(22)11-5-6-13(21)8-11)10-3-2-4-12(7-10)16(17,18)19/h2-4,7,11,14H,5-6,8-9H2,1H3,(H,20,22). The zero-order valence-electron chi connectivity index (χ0n) is 12.7. The normalized spacial score (nSPS) is 19.7. The second-order valence-corrected chi connectivity index (χ2v) is 5.62. The number of hydrogen-bond donors (Lipinski definition) is 1. The van der Waals surface area contributed by atoms with Crippen molar-refractivity contribution in [3.63, 3.8) is 0 Å². The molecule has 1 amide bonds. The van der Waals surface area contributed by atoms with Crippen LogP contribution >= 0.6 is 0 Å². The van der Waals surface area contributed by atoms with Crippen molar-refractivity contribution >= 4 is 11.7 Å². The lowest BCUT2D eigenvalue weighted by molar-refractivity contribution is -0.137. The van der Waals surface area contributed by atoms with E-state index >= 15 is 0 Å². The summed E-state index contributed by atoms with van der Waals surface area (Å²) < 4.78 is 43.4. The summed E-state index contributed by atoms with van der Waals surface area (Å²) >= 11 is 0. The molecule has 1 aliphatic carbocycles. The second-order valence-electron chi connectivity index (χ2n) is 5.62. The fraction of sp³-hybridized carbons (Fsp3) is 0.500. The molecule has 1 saturated carbocycles. The van der Waals surface area contributed by atoms with Gasteiger partial charge in [0.2, 0.25) is 5.91 Å². The Morgan fingerprint density at radius 2 is 2.17 bits per heavy atom. The molecule has 7 heteroatoms. The van der Waals surface area contributed by atoms with E-state index in [0.717, 1.165) is 12.1 Å². The summed E-state index contributed by atoms with van der Waals surface area (Å²) in [7, 11) is 1.41. The Hall–Kier alpha value is -1.89. The summed E-state index contributed by atoms with van der Waals surface area (Å²) in [5.74, 6) is -0.699. The van der Waals surface area contributed by atoms with Crippen molar-refractivity contribution in [2.24, 2.45) is 5.92 Å². The van der Waals surface area contributed by atoms with Crippen LogP contribution in [0.5, 0.6) is 0 Å². The average molecular weight is 329 g/mol. The van der Waals surface area contributed by atoms with E-state index in [2.05, 4.69) is 5.32 Å². The fourth-order valence-corrected chi connectivity index (χ4v) is 2.65. The van der Waals surface area contributed by atoms with E-state index in [0.29, 0.717) is 18.4 Å². The van der Waals surface area contributed by atoms with Gasteiger partial charge in [0, 0.05) is 25.9 Å². The summed E-state index contributed by atoms with van der Waals surface area (Å²) in [6.07, 6.45) is -3.41. The van der Waals surface area contributed by atoms with Crippen LogP contribution in [0.1, 0.15) is 36.4 Å². The smallest absolute Gasteiger partial charge is 0.382 e. The Bertz CT molecular complexity index is 586. The molecule has 1 aromatic rings. The number of methoxy groups -OCH3 is 1. The minimum atomic E-state index is -4.45. The molecule has 2 unspecified atom stereocenters. The molecule has 2 rings (SSSR count). The Balaban J connectivity index is 2.15. The van der Waals surface area contributed by atoms with Crippen molar-refractivity contribution in [2.75, 3.05) is 13.7 Å². The Kier molecular flexibility index (Phi) is 5.41. The van der Waals surface area contributed by atoms with Crippen molar-refractivity contribution in [1.29, 1.82) is 0 Å². The highest BCUT2D eigenvalue weighted by Crippen LogP contribution is 2.31. The van der Waals surface area contributed by atoms with E-state index in [4.69, 9.17) is 4.74 Å². The number of ether oxygens (including phenoxy) is 1. The first-order chi connectivity index (χ1) is 10.8. The van der Waals surface area contributed by atoms with Gasteiger partial charge in [-0.15, -0.1) is 0 Å². The Labute approximate surface area is 132 Å². The molecule has 1 aromatic carbocycles. The maximum atomic E-state index is 12.8. The summed E-state index contributed by atoms with van der Waals surface area (Å²) in [6.45, 7) is 0.0493. The van der Waals surface area contributed by atoms with Crippen LogP contribution in [0.15, 0.2) is 24.3 Å². The Morgan fingerprint density at radius 3 is 2.74 bits per heavy atom. The molecule has 0 heterocycles. The van der Waals surface area contributed by atoms with Gasteiger partial charge in [0.1, 0.15) is 5.78 Å². The third-order valence-corrected chi connectivity index (χ3v) is 3.88. The Morgan fingerprint density at radius 1 is 1.43 bits per heavy atom. The highest BCUT2D eigenvalue weighted by atomic mass is 19.4. The van der Waals surface area contributed by atoms with E-state index in [1.165, 1.54) is 19.2 Å². The van der Waals surface area contributed by atoms with Crippen LogP contribution in [0, 0.1) is 5.92 Å². The third kappa shape index (κ3) is 4.54. The number of alkyl halides is 3. The molecule has 23 heavy (non-hydrogen) atoms. The van der Waals surface area contributed by atoms with Crippen molar-refractivity contribution in [3.8, 4) is 0 Å². The van der Waals surface area contributed by atoms with Crippen LogP contribution in [0.2, 0.25) is 0 Å². The molecule has 0 saturated heterocycles. The maximum Gasteiger partial charge on any atom is 0.416 e. The molecule has 2 atom stereocenters. The molecule has 0 aliphatic heterocycles. The topological polar surface area (TPSA) is 55.4 Å². The molecule has 0 aromatic heterocycles. The lowest BCUT2D eigenvalue weighted by Crippen LogP contribution is -2.35. The van der Waals surface area contributed by atoms with Gasteiger partial charge >= 0.3 is 6.18 Å². The number of hydrogen-bond acceptors (Lipinski definition) is 3. The first kappa shape index (κ1) is 17.5. The number of ketones is 1. The third-order valence-electron chi connectivity index (χ3n) is 3.88. The summed E-state index contributed by atoms with van der Waals surface area (Å²) in [4.78, 5) is 23.5. The quantitative estimate of drug-likeness (QED) is 0.904. The van der Waals surface area contributed by atoms with Crippen LogP contribution < -0.4 is 5.32 Å². The van der Waals surface area contributed by atoms with E-state index in [-0.39, 0.29) is 24.7 Å². The highest BCUT2D eigenvalue weighted by molar-refractivity contribution is 5.90. The van der Waals surface area contributed by atoms with Gasteiger partial charge in [-0.25, -0.2) is 0 Å². The first-order valence-electron chi connectivity index (χ1n) is 7.29. The van der Waals surface area contributed by atoms with Crippen LogP contribution in [0.25, 0.3) is 0 Å². The zero-order valence-corrected chi connectivity index (χ0v) is 12.7. The molecule has 0 bridgehead atoms. The van der Waals surface area contributed by atoms with Gasteiger partial charge in [-0.05, 0) is 24.1 Å². The first-order valence-corrected chi connectivity index (χ1v) is 7.29. The number of Topliss-reactive ketones (excluding diaryl/α,β-unsaturated/α-hetero) is 1. The number of amides is 1. The maximum absolute atomic E-state index is 12.8. The lowest BCUT2D eigenvalue weighted by Gasteiger charge is -2.21. The monoisotopic (exact) mass is 329 g/mol. The van der Waals surface area contributed by atoms with E-state index in [9.17, 15) is 22.8 Å². The molecule has 126 valence electrons. The molecular formula is C16H18F3NO3. The van der Waals surface area contributed by atoms with E-state index in [1.54, 1.807) is 0 Å². The molecule has 0 spiro atoms. The molecule has 4 nitrogen and oxygen atoms in total. The number of benzene rings is 1. The SMILES string of the molecule is COCC(NC(=O)C1CCC(=O)C1)c1cccc(C(F)(F)F)c1. The van der Waals surface area contributed by atoms with Gasteiger partial charge in [0.15, 0.2) is 0 Å². The van der Waals surface area contributed by atoms with Crippen molar-refractivity contribution in [2.45, 2.75) is 31.5 Å². The second kappa shape index (κ2) is 7.12. The highest BCUT2D eigenvalue weighted by Gasteiger charge is 2.32. The van der Waals surface area contributed by atoms with Gasteiger partial charge in [-0.1, -0.05) is 12.1 Å². The summed E-state index contributed by atoms with van der Waals surface area (Å²) in [5.41, 5.74) is -0.458. The fourth-order valence-electron chi connectivity index (χ4n) is 2.65.